The van der Waals surface area contributed by atoms with Crippen LogP contribution in [0.5, 0.6) is 0 Å². The number of aliphatic hydroxyl groups is 1. The second kappa shape index (κ2) is 6.37. The SMILES string of the molecule is CCc1nn(CC2(CO)COC2)c2c1C(=O)NCC1(CCOCC1)C2. The summed E-state index contributed by atoms with van der Waals surface area (Å²) < 4.78 is 12.9. The van der Waals surface area contributed by atoms with Crippen LogP contribution in [0.25, 0.3) is 0 Å². The fourth-order valence-electron chi connectivity index (χ4n) is 4.24. The van der Waals surface area contributed by atoms with Gasteiger partial charge in [0.2, 0.25) is 0 Å². The molecule has 7 heteroatoms. The van der Waals surface area contributed by atoms with Crippen LogP contribution in [0, 0.1) is 10.8 Å². The molecule has 4 heterocycles. The van der Waals surface area contributed by atoms with E-state index in [1.807, 2.05) is 11.6 Å². The molecule has 7 nitrogen and oxygen atoms in total. The highest BCUT2D eigenvalue weighted by atomic mass is 16.5. The molecular weight excluding hydrogens is 322 g/mol. The fraction of sp³-hybridized carbons (Fsp3) is 0.778. The number of fused-ring (bicyclic) bond motifs is 1. The largest absolute Gasteiger partial charge is 0.396 e. The number of nitrogens with zero attached hydrogens (tertiary/aromatic N) is 2. The van der Waals surface area contributed by atoms with Crippen LogP contribution < -0.4 is 5.32 Å². The number of aliphatic hydroxyl groups excluding tert-OH is 1. The molecule has 0 bridgehead atoms. The van der Waals surface area contributed by atoms with E-state index in [9.17, 15) is 9.90 Å². The van der Waals surface area contributed by atoms with Crippen molar-refractivity contribution in [2.24, 2.45) is 10.8 Å². The van der Waals surface area contributed by atoms with Crippen LogP contribution in [-0.4, -0.2) is 60.4 Å². The molecule has 1 amide bonds. The molecule has 2 fully saturated rings. The number of hydrogen-bond acceptors (Lipinski definition) is 5. The minimum Gasteiger partial charge on any atom is -0.396 e. The lowest BCUT2D eigenvalue weighted by atomic mass is 9.76. The fourth-order valence-corrected chi connectivity index (χ4v) is 4.24. The standard InChI is InChI=1S/C18H27N3O4/c1-2-13-15-14(21(20-13)9-18(10-22)11-25-12-18)7-17(8-19-16(15)23)3-5-24-6-4-17/h22H,2-12H2,1H3,(H,19,23). The maximum absolute atomic E-state index is 12.8. The van der Waals surface area contributed by atoms with Gasteiger partial charge < -0.3 is 19.9 Å². The van der Waals surface area contributed by atoms with Crippen molar-refractivity contribution in [3.8, 4) is 0 Å². The smallest absolute Gasteiger partial charge is 0.255 e. The summed E-state index contributed by atoms with van der Waals surface area (Å²) in [4.78, 5) is 12.8. The first-order chi connectivity index (χ1) is 12.1. The highest BCUT2D eigenvalue weighted by Crippen LogP contribution is 2.38. The Bertz CT molecular complexity index is 654. The van der Waals surface area contributed by atoms with Gasteiger partial charge in [0.15, 0.2) is 0 Å². The molecule has 0 unspecified atom stereocenters. The van der Waals surface area contributed by atoms with Crippen molar-refractivity contribution in [2.75, 3.05) is 39.6 Å². The summed E-state index contributed by atoms with van der Waals surface area (Å²) in [5.41, 5.74) is 2.40. The summed E-state index contributed by atoms with van der Waals surface area (Å²) in [5, 5.41) is 17.7. The first kappa shape index (κ1) is 17.0. The van der Waals surface area contributed by atoms with Crippen molar-refractivity contribution in [3.05, 3.63) is 17.0 Å². The van der Waals surface area contributed by atoms with Gasteiger partial charge in [-0.1, -0.05) is 6.92 Å². The first-order valence-corrected chi connectivity index (χ1v) is 9.23. The van der Waals surface area contributed by atoms with Crippen molar-refractivity contribution >= 4 is 5.91 Å². The molecule has 3 aliphatic heterocycles. The zero-order valence-electron chi connectivity index (χ0n) is 14.8. The minimum absolute atomic E-state index is 0.00984. The van der Waals surface area contributed by atoms with Crippen LogP contribution in [0.15, 0.2) is 0 Å². The molecular formula is C18H27N3O4. The average Bonchev–Trinajstić information content (AvgIpc) is 2.87. The molecule has 0 atom stereocenters. The van der Waals surface area contributed by atoms with Gasteiger partial charge in [0.1, 0.15) is 0 Å². The summed E-state index contributed by atoms with van der Waals surface area (Å²) in [6.07, 6.45) is 3.46. The second-order valence-corrected chi connectivity index (χ2v) is 7.90. The Morgan fingerprint density at radius 1 is 1.28 bits per heavy atom. The van der Waals surface area contributed by atoms with Crippen LogP contribution in [0.2, 0.25) is 0 Å². The van der Waals surface area contributed by atoms with Crippen LogP contribution >= 0.6 is 0 Å². The van der Waals surface area contributed by atoms with Crippen molar-refractivity contribution in [1.29, 1.82) is 0 Å². The zero-order chi connectivity index (χ0) is 17.5. The molecule has 3 aliphatic rings. The van der Waals surface area contributed by atoms with Crippen molar-refractivity contribution in [3.63, 3.8) is 0 Å². The second-order valence-electron chi connectivity index (χ2n) is 7.90. The first-order valence-electron chi connectivity index (χ1n) is 9.23. The van der Waals surface area contributed by atoms with Crippen LogP contribution in [0.3, 0.4) is 0 Å². The average molecular weight is 349 g/mol. The van der Waals surface area contributed by atoms with Crippen molar-refractivity contribution < 1.29 is 19.4 Å². The molecule has 138 valence electrons. The zero-order valence-corrected chi connectivity index (χ0v) is 14.8. The van der Waals surface area contributed by atoms with Crippen molar-refractivity contribution in [2.45, 2.75) is 39.2 Å². The number of nitrogens with one attached hydrogen (secondary N) is 1. The topological polar surface area (TPSA) is 85.6 Å². The number of aromatic nitrogens is 2. The molecule has 0 aromatic carbocycles. The summed E-state index contributed by atoms with van der Waals surface area (Å²) in [5.74, 6) is -0.00984. The van der Waals surface area contributed by atoms with E-state index in [1.54, 1.807) is 0 Å². The van der Waals surface area contributed by atoms with Crippen LogP contribution in [-0.2, 0) is 28.9 Å². The number of ether oxygens (including phenoxy) is 2. The Kier molecular flexibility index (Phi) is 4.33. The maximum atomic E-state index is 12.8. The number of carbonyl (C=O) groups excluding carboxylic acids is 1. The number of aryl methyl sites for hydroxylation is 1. The summed E-state index contributed by atoms with van der Waals surface area (Å²) >= 11 is 0. The van der Waals surface area contributed by atoms with E-state index in [4.69, 9.17) is 14.6 Å². The molecule has 2 N–H and O–H groups in total. The molecule has 0 aliphatic carbocycles. The Balaban J connectivity index is 1.73. The lowest BCUT2D eigenvalue weighted by molar-refractivity contribution is -0.146. The van der Waals surface area contributed by atoms with Gasteiger partial charge in [-0.15, -0.1) is 0 Å². The molecule has 2 saturated heterocycles. The third-order valence-electron chi connectivity index (χ3n) is 6.05. The Hall–Kier alpha value is -1.44. The number of rotatable bonds is 4. The normalized spacial score (nSPS) is 24.3. The van der Waals surface area contributed by atoms with E-state index >= 15 is 0 Å². The van der Waals surface area contributed by atoms with Gasteiger partial charge in [0, 0.05) is 19.8 Å². The van der Waals surface area contributed by atoms with E-state index in [0.29, 0.717) is 26.3 Å². The van der Waals surface area contributed by atoms with Gasteiger partial charge in [0.25, 0.3) is 5.91 Å². The van der Waals surface area contributed by atoms with Gasteiger partial charge >= 0.3 is 0 Å². The quantitative estimate of drug-likeness (QED) is 0.829. The molecule has 0 radical (unpaired) electrons. The Morgan fingerprint density at radius 3 is 2.64 bits per heavy atom. The van der Waals surface area contributed by atoms with E-state index in [2.05, 4.69) is 5.32 Å². The highest BCUT2D eigenvalue weighted by molar-refractivity contribution is 5.97. The maximum Gasteiger partial charge on any atom is 0.255 e. The lowest BCUT2D eigenvalue weighted by Crippen LogP contribution is -2.49. The summed E-state index contributed by atoms with van der Waals surface area (Å²) in [6.45, 7) is 5.99. The lowest BCUT2D eigenvalue weighted by Gasteiger charge is -2.40. The number of amides is 1. The number of carbonyl (C=O) groups is 1. The van der Waals surface area contributed by atoms with E-state index in [0.717, 1.165) is 55.8 Å². The molecule has 0 saturated carbocycles. The highest BCUT2D eigenvalue weighted by Gasteiger charge is 2.43. The molecule has 1 aromatic rings. The molecule has 1 aromatic heterocycles. The van der Waals surface area contributed by atoms with E-state index in [-0.39, 0.29) is 23.3 Å². The predicted octanol–water partition coefficient (Wildman–Crippen LogP) is 0.537. The Morgan fingerprint density at radius 2 is 2.04 bits per heavy atom. The van der Waals surface area contributed by atoms with Gasteiger partial charge in [-0.25, -0.2) is 0 Å². The molecule has 25 heavy (non-hydrogen) atoms. The number of hydrogen-bond donors (Lipinski definition) is 2. The third-order valence-corrected chi connectivity index (χ3v) is 6.05. The van der Waals surface area contributed by atoms with E-state index in [1.165, 1.54) is 0 Å². The minimum atomic E-state index is -0.267. The van der Waals surface area contributed by atoms with Gasteiger partial charge in [0.05, 0.1) is 48.7 Å². The predicted molar refractivity (Wildman–Crippen MR) is 90.5 cm³/mol. The third kappa shape index (κ3) is 2.88. The Labute approximate surface area is 147 Å². The summed E-state index contributed by atoms with van der Waals surface area (Å²) in [7, 11) is 0. The van der Waals surface area contributed by atoms with Gasteiger partial charge in [-0.05, 0) is 31.1 Å². The molecule has 1 spiro atoms. The van der Waals surface area contributed by atoms with Crippen LogP contribution in [0.1, 0.15) is 41.5 Å². The summed E-state index contributed by atoms with van der Waals surface area (Å²) in [6, 6.07) is 0. The van der Waals surface area contributed by atoms with Gasteiger partial charge in [-0.3, -0.25) is 9.48 Å². The van der Waals surface area contributed by atoms with E-state index < -0.39 is 0 Å². The van der Waals surface area contributed by atoms with Gasteiger partial charge in [-0.2, -0.15) is 5.10 Å². The molecule has 4 rings (SSSR count). The van der Waals surface area contributed by atoms with Crippen LogP contribution in [0.4, 0.5) is 0 Å². The van der Waals surface area contributed by atoms with Crippen molar-refractivity contribution in [1.82, 2.24) is 15.1 Å². The monoisotopic (exact) mass is 349 g/mol.